The van der Waals surface area contributed by atoms with Crippen molar-refractivity contribution in [3.8, 4) is 0 Å². The van der Waals surface area contributed by atoms with Crippen LogP contribution in [0.5, 0.6) is 0 Å². The first kappa shape index (κ1) is 25.0. The van der Waals surface area contributed by atoms with Crippen molar-refractivity contribution in [2.75, 3.05) is 19.0 Å². The molecule has 3 rings (SSSR count). The molecule has 1 aliphatic rings. The van der Waals surface area contributed by atoms with E-state index in [1.807, 2.05) is 0 Å². The Hall–Kier alpha value is -2.63. The van der Waals surface area contributed by atoms with E-state index in [9.17, 15) is 14.4 Å². The van der Waals surface area contributed by atoms with Crippen molar-refractivity contribution in [1.29, 1.82) is 0 Å². The average Bonchev–Trinajstić information content (AvgIpc) is 3.36. The Labute approximate surface area is 205 Å². The molecule has 2 heterocycles. The van der Waals surface area contributed by atoms with Crippen LogP contribution in [0.2, 0.25) is 0 Å². The third-order valence-electron chi connectivity index (χ3n) is 4.75. The minimum atomic E-state index is -0.417. The second-order valence-electron chi connectivity index (χ2n) is 7.20. The summed E-state index contributed by atoms with van der Waals surface area (Å²) in [5.74, 6) is -0.771. The molecule has 0 spiro atoms. The summed E-state index contributed by atoms with van der Waals surface area (Å²) in [5.41, 5.74) is 1.21. The Bertz CT molecular complexity index is 1070. The third-order valence-corrected chi connectivity index (χ3v) is 7.02. The number of benzene rings is 1. The number of ether oxygens (including phenoxy) is 1. The zero-order chi connectivity index (χ0) is 23.8. The predicted molar refractivity (Wildman–Crippen MR) is 134 cm³/mol. The first-order chi connectivity index (χ1) is 15.9. The van der Waals surface area contributed by atoms with E-state index < -0.39 is 5.97 Å². The summed E-state index contributed by atoms with van der Waals surface area (Å²) in [6, 6.07) is 6.76. The first-order valence-electron chi connectivity index (χ1n) is 10.5. The van der Waals surface area contributed by atoms with Gasteiger partial charge in [-0.3, -0.25) is 14.5 Å². The van der Waals surface area contributed by atoms with Gasteiger partial charge in [-0.1, -0.05) is 60.8 Å². The lowest BCUT2D eigenvalue weighted by Crippen LogP contribution is -2.29. The molecule has 0 unspecified atom stereocenters. The molecule has 2 aromatic rings. The summed E-state index contributed by atoms with van der Waals surface area (Å²) in [7, 11) is 1.33. The van der Waals surface area contributed by atoms with Crippen LogP contribution in [0, 0.1) is 0 Å². The quantitative estimate of drug-likeness (QED) is 0.291. The molecule has 1 aromatic carbocycles. The zero-order valence-corrected chi connectivity index (χ0v) is 20.8. The van der Waals surface area contributed by atoms with Crippen LogP contribution < -0.4 is 5.32 Å². The lowest BCUT2D eigenvalue weighted by atomic mass is 10.1. The van der Waals surface area contributed by atoms with Gasteiger partial charge in [0.2, 0.25) is 11.0 Å². The summed E-state index contributed by atoms with van der Waals surface area (Å²) in [5, 5.41) is 12.3. The zero-order valence-electron chi connectivity index (χ0n) is 18.3. The van der Waals surface area contributed by atoms with Gasteiger partial charge in [-0.25, -0.2) is 4.79 Å². The van der Waals surface area contributed by atoms with E-state index in [-0.39, 0.29) is 18.2 Å². The van der Waals surface area contributed by atoms with Crippen LogP contribution in [0.25, 0.3) is 6.08 Å². The van der Waals surface area contributed by atoms with Gasteiger partial charge in [0, 0.05) is 19.4 Å². The predicted octanol–water partition coefficient (Wildman–Crippen LogP) is 4.29. The molecule has 0 atom stereocenters. The number of methoxy groups -OCH3 is 1. The van der Waals surface area contributed by atoms with Crippen LogP contribution >= 0.6 is 35.3 Å². The number of carbonyl (C=O) groups is 3. The number of esters is 1. The maximum Gasteiger partial charge on any atom is 0.337 e. The Morgan fingerprint density at radius 3 is 2.67 bits per heavy atom. The lowest BCUT2D eigenvalue weighted by molar-refractivity contribution is -0.122. The minimum Gasteiger partial charge on any atom is -0.465 e. The molecule has 0 bridgehead atoms. The van der Waals surface area contributed by atoms with Crippen molar-refractivity contribution in [2.45, 2.75) is 39.0 Å². The Balaban J connectivity index is 1.49. The Morgan fingerprint density at radius 1 is 1.21 bits per heavy atom. The molecule has 1 saturated heterocycles. The van der Waals surface area contributed by atoms with Gasteiger partial charge in [-0.2, -0.15) is 0 Å². The fourth-order valence-electron chi connectivity index (χ4n) is 2.99. The van der Waals surface area contributed by atoms with Gasteiger partial charge >= 0.3 is 5.97 Å². The van der Waals surface area contributed by atoms with Crippen LogP contribution in [0.3, 0.4) is 0 Å². The number of hydrogen-bond acceptors (Lipinski definition) is 9. The van der Waals surface area contributed by atoms with E-state index in [1.54, 1.807) is 30.3 Å². The monoisotopic (exact) mass is 504 g/mol. The maximum absolute atomic E-state index is 12.8. The average molecular weight is 505 g/mol. The lowest BCUT2D eigenvalue weighted by Gasteiger charge is -2.13. The van der Waals surface area contributed by atoms with Crippen LogP contribution in [0.1, 0.15) is 53.5 Å². The number of aromatic nitrogens is 2. The molecule has 0 saturated carbocycles. The molecule has 2 amide bonds. The van der Waals surface area contributed by atoms with E-state index >= 15 is 0 Å². The number of carbonyl (C=O) groups excluding carboxylic acids is 3. The van der Waals surface area contributed by atoms with E-state index in [1.165, 1.54) is 35.1 Å². The van der Waals surface area contributed by atoms with Gasteiger partial charge in [0.05, 0.1) is 17.6 Å². The largest absolute Gasteiger partial charge is 0.465 e. The number of amides is 2. The number of hydrogen-bond donors (Lipinski definition) is 1. The molecule has 1 fully saturated rings. The number of nitrogens with one attached hydrogen (secondary N) is 1. The van der Waals surface area contributed by atoms with Gasteiger partial charge in [-0.15, -0.1) is 10.2 Å². The van der Waals surface area contributed by atoms with Crippen LogP contribution in [-0.2, 0) is 20.7 Å². The van der Waals surface area contributed by atoms with Gasteiger partial charge in [0.15, 0.2) is 0 Å². The molecule has 1 N–H and O–H groups in total. The number of nitrogens with zero attached hydrogens (tertiary/aromatic N) is 3. The second kappa shape index (κ2) is 12.0. The highest BCUT2D eigenvalue weighted by atomic mass is 32.2. The normalized spacial score (nSPS) is 14.7. The number of aryl methyl sites for hydroxylation is 1. The van der Waals surface area contributed by atoms with Crippen molar-refractivity contribution in [3.63, 3.8) is 0 Å². The fraction of sp³-hybridized carbons (Fsp3) is 0.364. The topological polar surface area (TPSA) is 101 Å². The summed E-state index contributed by atoms with van der Waals surface area (Å²) in [6.45, 7) is 2.47. The van der Waals surface area contributed by atoms with Gasteiger partial charge in [0.25, 0.3) is 5.91 Å². The van der Waals surface area contributed by atoms with Crippen molar-refractivity contribution >= 4 is 68.6 Å². The molecular weight excluding hydrogens is 480 g/mol. The molecule has 1 aliphatic heterocycles. The minimum absolute atomic E-state index is 0.167. The van der Waals surface area contributed by atoms with E-state index in [0.717, 1.165) is 29.8 Å². The summed E-state index contributed by atoms with van der Waals surface area (Å²) < 4.78 is 5.15. The van der Waals surface area contributed by atoms with E-state index in [4.69, 9.17) is 12.2 Å². The van der Waals surface area contributed by atoms with Crippen molar-refractivity contribution < 1.29 is 19.1 Å². The van der Waals surface area contributed by atoms with Crippen molar-refractivity contribution in [1.82, 2.24) is 15.1 Å². The summed E-state index contributed by atoms with van der Waals surface area (Å²) in [4.78, 5) is 38.5. The van der Waals surface area contributed by atoms with Gasteiger partial charge in [-0.05, 0) is 36.6 Å². The standard InChI is InChI=1S/C22H24N4O4S3/c1-3-4-7-18-24-25-21(33-18)23-17(27)6-5-12-26-19(28)16(32-22(26)31)13-14-8-10-15(11-9-14)20(29)30-2/h8-11,13H,3-7,12H2,1-2H3,(H,23,25,27). The van der Waals surface area contributed by atoms with Gasteiger partial charge in [0.1, 0.15) is 9.33 Å². The maximum atomic E-state index is 12.8. The number of anilines is 1. The number of rotatable bonds is 10. The molecule has 174 valence electrons. The molecule has 1 aromatic heterocycles. The highest BCUT2D eigenvalue weighted by Gasteiger charge is 2.31. The molecule has 33 heavy (non-hydrogen) atoms. The molecular formula is C22H24N4O4S3. The number of thioether (sulfide) groups is 1. The van der Waals surface area contributed by atoms with Crippen molar-refractivity contribution in [3.05, 3.63) is 45.3 Å². The Kier molecular flexibility index (Phi) is 9.10. The Morgan fingerprint density at radius 2 is 1.97 bits per heavy atom. The van der Waals surface area contributed by atoms with Gasteiger partial charge < -0.3 is 10.1 Å². The van der Waals surface area contributed by atoms with Crippen molar-refractivity contribution in [2.24, 2.45) is 0 Å². The summed E-state index contributed by atoms with van der Waals surface area (Å²) in [6.07, 6.45) is 5.44. The highest BCUT2D eigenvalue weighted by molar-refractivity contribution is 8.26. The molecule has 8 nitrogen and oxygen atoms in total. The first-order valence-corrected chi connectivity index (χ1v) is 12.5. The van der Waals surface area contributed by atoms with E-state index in [2.05, 4.69) is 27.2 Å². The molecule has 0 radical (unpaired) electrons. The molecule has 11 heteroatoms. The van der Waals surface area contributed by atoms with E-state index in [0.29, 0.717) is 32.9 Å². The van der Waals surface area contributed by atoms with Crippen LogP contribution in [0.4, 0.5) is 5.13 Å². The fourth-order valence-corrected chi connectivity index (χ4v) is 5.10. The SMILES string of the molecule is CCCCc1nnc(NC(=O)CCCN2C(=O)C(=Cc3ccc(C(=O)OC)cc3)SC2=S)s1. The number of thiocarbonyl (C=S) groups is 1. The third kappa shape index (κ3) is 6.92. The number of unbranched alkanes of at least 4 members (excludes halogenated alkanes) is 1. The smallest absolute Gasteiger partial charge is 0.337 e. The van der Waals surface area contributed by atoms with Crippen LogP contribution in [0.15, 0.2) is 29.2 Å². The highest BCUT2D eigenvalue weighted by Crippen LogP contribution is 2.32. The molecule has 0 aliphatic carbocycles. The summed E-state index contributed by atoms with van der Waals surface area (Å²) >= 11 is 7.96. The van der Waals surface area contributed by atoms with Crippen LogP contribution in [-0.4, -0.2) is 50.9 Å². The second-order valence-corrected chi connectivity index (χ2v) is 9.94.